The van der Waals surface area contributed by atoms with Crippen molar-refractivity contribution >= 4 is 15.5 Å². The third-order valence-corrected chi connectivity index (χ3v) is 4.74. The molecule has 1 aromatic heterocycles. The third-order valence-electron chi connectivity index (χ3n) is 3.07. The molecule has 20 heavy (non-hydrogen) atoms. The van der Waals surface area contributed by atoms with Crippen LogP contribution in [-0.4, -0.2) is 23.2 Å². The first-order valence-corrected chi connectivity index (χ1v) is 7.94. The van der Waals surface area contributed by atoms with E-state index in [4.69, 9.17) is 5.73 Å². The molecule has 6 nitrogen and oxygen atoms in total. The summed E-state index contributed by atoms with van der Waals surface area (Å²) < 4.78 is 26.6. The van der Waals surface area contributed by atoms with E-state index in [1.54, 1.807) is 23.7 Å². The van der Waals surface area contributed by atoms with Crippen LogP contribution in [0.25, 0.3) is 0 Å². The molecular formula is C13H18N4O2S. The maximum Gasteiger partial charge on any atom is 0.187 e. The van der Waals surface area contributed by atoms with E-state index < -0.39 is 9.84 Å². The van der Waals surface area contributed by atoms with Crippen LogP contribution >= 0.6 is 0 Å². The maximum atomic E-state index is 12.5. The fourth-order valence-corrected chi connectivity index (χ4v) is 3.47. The lowest BCUT2D eigenvalue weighted by atomic mass is 10.2. The minimum atomic E-state index is -3.54. The zero-order valence-electron chi connectivity index (χ0n) is 11.7. The van der Waals surface area contributed by atoms with Gasteiger partial charge in [-0.25, -0.2) is 18.1 Å². The van der Waals surface area contributed by atoms with Crippen molar-refractivity contribution in [1.29, 1.82) is 0 Å². The molecule has 108 valence electrons. The van der Waals surface area contributed by atoms with E-state index in [-0.39, 0.29) is 16.7 Å². The number of nitrogen functional groups attached to an aromatic ring is 1. The Morgan fingerprint density at radius 2 is 2.05 bits per heavy atom. The molecule has 2 N–H and O–H groups in total. The van der Waals surface area contributed by atoms with Gasteiger partial charge in [-0.05, 0) is 32.4 Å². The van der Waals surface area contributed by atoms with E-state index in [2.05, 4.69) is 10.1 Å². The molecule has 2 rings (SSSR count). The van der Waals surface area contributed by atoms with Crippen LogP contribution in [0.5, 0.6) is 0 Å². The van der Waals surface area contributed by atoms with Gasteiger partial charge in [0.15, 0.2) is 9.84 Å². The normalized spacial score (nSPS) is 12.0. The molecule has 0 saturated carbocycles. The number of benzene rings is 1. The van der Waals surface area contributed by atoms with Crippen LogP contribution in [0.3, 0.4) is 0 Å². The van der Waals surface area contributed by atoms with Crippen molar-refractivity contribution in [2.45, 2.75) is 37.5 Å². The fourth-order valence-electron chi connectivity index (χ4n) is 1.98. The first-order chi connectivity index (χ1) is 9.33. The second kappa shape index (κ2) is 5.24. The van der Waals surface area contributed by atoms with Crippen molar-refractivity contribution in [3.63, 3.8) is 0 Å². The Balaban J connectivity index is 2.41. The highest BCUT2D eigenvalue weighted by Crippen LogP contribution is 2.25. The molecule has 7 heteroatoms. The van der Waals surface area contributed by atoms with Crippen LogP contribution in [0.1, 0.15) is 31.3 Å². The van der Waals surface area contributed by atoms with Crippen molar-refractivity contribution in [1.82, 2.24) is 14.8 Å². The Labute approximate surface area is 118 Å². The number of anilines is 1. The first kappa shape index (κ1) is 14.5. The van der Waals surface area contributed by atoms with Crippen LogP contribution in [0.15, 0.2) is 29.4 Å². The molecular weight excluding hydrogens is 276 g/mol. The average Bonchev–Trinajstić information content (AvgIpc) is 2.79. The zero-order chi connectivity index (χ0) is 14.9. The monoisotopic (exact) mass is 294 g/mol. The zero-order valence-corrected chi connectivity index (χ0v) is 12.6. The Kier molecular flexibility index (Phi) is 3.80. The van der Waals surface area contributed by atoms with Gasteiger partial charge in [-0.1, -0.05) is 12.1 Å². The molecule has 0 aliphatic heterocycles. The molecule has 0 bridgehead atoms. The van der Waals surface area contributed by atoms with Crippen molar-refractivity contribution in [3.05, 3.63) is 35.9 Å². The summed E-state index contributed by atoms with van der Waals surface area (Å²) >= 11 is 0. The molecule has 0 unspecified atom stereocenters. The number of aromatic nitrogens is 3. The standard InChI is InChI=1S/C13H18N4O2S/c1-9(2)17-12(15-8-16-17)7-20(18,19)11-6-4-5-10(3)13(11)14/h4-6,8-9H,7,14H2,1-3H3. The van der Waals surface area contributed by atoms with Crippen LogP contribution in [0.4, 0.5) is 5.69 Å². The first-order valence-electron chi connectivity index (χ1n) is 6.29. The maximum absolute atomic E-state index is 12.5. The molecule has 0 amide bonds. The summed E-state index contributed by atoms with van der Waals surface area (Å²) in [6.45, 7) is 5.63. The lowest BCUT2D eigenvalue weighted by molar-refractivity contribution is 0.510. The highest BCUT2D eigenvalue weighted by atomic mass is 32.2. The number of hydrogen-bond donors (Lipinski definition) is 1. The van der Waals surface area contributed by atoms with E-state index in [0.29, 0.717) is 11.5 Å². The summed E-state index contributed by atoms with van der Waals surface area (Å²) in [7, 11) is -3.54. The van der Waals surface area contributed by atoms with Crippen molar-refractivity contribution in [3.8, 4) is 0 Å². The van der Waals surface area contributed by atoms with Crippen LogP contribution < -0.4 is 5.73 Å². The number of sulfone groups is 1. The van der Waals surface area contributed by atoms with E-state index >= 15 is 0 Å². The summed E-state index contributed by atoms with van der Waals surface area (Å²) in [5, 5.41) is 4.04. The topological polar surface area (TPSA) is 90.9 Å². The Hall–Kier alpha value is -1.89. The van der Waals surface area contributed by atoms with E-state index in [0.717, 1.165) is 5.56 Å². The van der Waals surface area contributed by atoms with Gasteiger partial charge in [0.05, 0.1) is 10.6 Å². The predicted molar refractivity (Wildman–Crippen MR) is 76.9 cm³/mol. The quantitative estimate of drug-likeness (QED) is 0.867. The minimum Gasteiger partial charge on any atom is -0.397 e. The van der Waals surface area contributed by atoms with Gasteiger partial charge in [-0.2, -0.15) is 5.10 Å². The largest absolute Gasteiger partial charge is 0.397 e. The van der Waals surface area contributed by atoms with Gasteiger partial charge in [-0.15, -0.1) is 0 Å². The summed E-state index contributed by atoms with van der Waals surface area (Å²) in [5.74, 6) is 0.208. The van der Waals surface area contributed by atoms with Crippen molar-refractivity contribution < 1.29 is 8.42 Å². The second-order valence-corrected chi connectivity index (χ2v) is 6.92. The lowest BCUT2D eigenvalue weighted by Crippen LogP contribution is -2.15. The highest BCUT2D eigenvalue weighted by molar-refractivity contribution is 7.90. The van der Waals surface area contributed by atoms with Crippen LogP contribution in [0, 0.1) is 6.92 Å². The molecule has 0 fully saturated rings. The molecule has 0 aliphatic rings. The highest BCUT2D eigenvalue weighted by Gasteiger charge is 2.22. The Morgan fingerprint density at radius 1 is 1.35 bits per heavy atom. The second-order valence-electron chi connectivity index (χ2n) is 4.96. The van der Waals surface area contributed by atoms with E-state index in [9.17, 15) is 8.42 Å². The molecule has 2 aromatic rings. The summed E-state index contributed by atoms with van der Waals surface area (Å²) in [4.78, 5) is 4.18. The summed E-state index contributed by atoms with van der Waals surface area (Å²) in [5.41, 5.74) is 6.91. The Morgan fingerprint density at radius 3 is 2.70 bits per heavy atom. The number of nitrogens with zero attached hydrogens (tertiary/aromatic N) is 3. The number of nitrogens with two attached hydrogens (primary N) is 1. The van der Waals surface area contributed by atoms with E-state index in [1.165, 1.54) is 12.4 Å². The van der Waals surface area contributed by atoms with Gasteiger partial charge in [0, 0.05) is 6.04 Å². The third kappa shape index (κ3) is 2.67. The smallest absolute Gasteiger partial charge is 0.187 e. The molecule has 0 spiro atoms. The molecule has 1 aromatic carbocycles. The number of para-hydroxylation sites is 1. The van der Waals surface area contributed by atoms with Gasteiger partial charge in [0.1, 0.15) is 17.9 Å². The van der Waals surface area contributed by atoms with Crippen LogP contribution in [0.2, 0.25) is 0 Å². The van der Waals surface area contributed by atoms with E-state index in [1.807, 2.05) is 13.8 Å². The number of rotatable bonds is 4. The molecule has 0 saturated heterocycles. The van der Waals surface area contributed by atoms with Gasteiger partial charge in [0.25, 0.3) is 0 Å². The molecule has 0 aliphatic carbocycles. The van der Waals surface area contributed by atoms with Gasteiger partial charge in [0.2, 0.25) is 0 Å². The fraction of sp³-hybridized carbons (Fsp3) is 0.385. The minimum absolute atomic E-state index is 0.0533. The average molecular weight is 294 g/mol. The predicted octanol–water partition coefficient (Wildman–Crippen LogP) is 1.72. The molecule has 1 heterocycles. The van der Waals surface area contributed by atoms with Crippen molar-refractivity contribution in [2.24, 2.45) is 0 Å². The van der Waals surface area contributed by atoms with Gasteiger partial charge >= 0.3 is 0 Å². The Bertz CT molecular complexity index is 720. The summed E-state index contributed by atoms with van der Waals surface area (Å²) in [6.07, 6.45) is 1.37. The molecule has 0 atom stereocenters. The SMILES string of the molecule is Cc1cccc(S(=O)(=O)Cc2ncnn2C(C)C)c1N. The number of hydrogen-bond acceptors (Lipinski definition) is 5. The summed E-state index contributed by atoms with van der Waals surface area (Å²) in [6, 6.07) is 5.04. The van der Waals surface area contributed by atoms with Gasteiger partial charge in [-0.3, -0.25) is 0 Å². The van der Waals surface area contributed by atoms with Crippen LogP contribution in [-0.2, 0) is 15.6 Å². The van der Waals surface area contributed by atoms with Gasteiger partial charge < -0.3 is 5.73 Å². The number of aryl methyl sites for hydroxylation is 1. The lowest BCUT2D eigenvalue weighted by Gasteiger charge is -2.11. The van der Waals surface area contributed by atoms with Crippen molar-refractivity contribution in [2.75, 3.05) is 5.73 Å². The molecule has 0 radical (unpaired) electrons.